The van der Waals surface area contributed by atoms with Crippen LogP contribution in [0.15, 0.2) is 30.5 Å². The van der Waals surface area contributed by atoms with E-state index in [4.69, 9.17) is 11.6 Å². The zero-order valence-electron chi connectivity index (χ0n) is 12.0. The summed E-state index contributed by atoms with van der Waals surface area (Å²) in [5.74, 6) is 0. The molecule has 0 unspecified atom stereocenters. The van der Waals surface area contributed by atoms with Crippen molar-refractivity contribution in [1.29, 1.82) is 0 Å². The third kappa shape index (κ3) is 2.95. The van der Waals surface area contributed by atoms with Crippen molar-refractivity contribution in [2.75, 3.05) is 19.6 Å². The van der Waals surface area contributed by atoms with E-state index in [1.165, 1.54) is 5.56 Å². The molecule has 1 aromatic heterocycles. The summed E-state index contributed by atoms with van der Waals surface area (Å²) in [4.78, 5) is 6.99. The molecule has 1 saturated heterocycles. The van der Waals surface area contributed by atoms with Gasteiger partial charge in [-0.3, -0.25) is 9.88 Å². The first-order valence-electron chi connectivity index (χ1n) is 7.04. The van der Waals surface area contributed by atoms with Crippen LogP contribution in [-0.2, 0) is 6.54 Å². The molecule has 0 saturated carbocycles. The number of aromatic nitrogens is 1. The number of nitrogens with one attached hydrogen (secondary N) is 1. The molecule has 0 aliphatic carbocycles. The molecule has 3 rings (SSSR count). The minimum atomic E-state index is 0.167. The Morgan fingerprint density at radius 3 is 3.05 bits per heavy atom. The van der Waals surface area contributed by atoms with Gasteiger partial charge in [0, 0.05) is 48.3 Å². The van der Waals surface area contributed by atoms with Crippen molar-refractivity contribution in [3.63, 3.8) is 0 Å². The Balaban J connectivity index is 1.90. The number of nitrogens with zero attached hydrogens (tertiary/aromatic N) is 2. The molecule has 1 fully saturated rings. The van der Waals surface area contributed by atoms with E-state index in [2.05, 4.69) is 35.1 Å². The third-order valence-corrected chi connectivity index (χ3v) is 4.01. The highest BCUT2D eigenvalue weighted by Gasteiger charge is 2.25. The lowest BCUT2D eigenvalue weighted by molar-refractivity contribution is 0.149. The van der Waals surface area contributed by atoms with Gasteiger partial charge in [-0.1, -0.05) is 17.7 Å². The maximum absolute atomic E-state index is 6.24. The first-order valence-corrected chi connectivity index (χ1v) is 7.42. The first kappa shape index (κ1) is 13.8. The average molecular weight is 290 g/mol. The molecule has 1 aliphatic heterocycles. The number of halogens is 1. The molecule has 1 N–H and O–H groups in total. The number of piperazine rings is 1. The van der Waals surface area contributed by atoms with Crippen molar-refractivity contribution < 1.29 is 0 Å². The normalized spacial score (nSPS) is 19.4. The van der Waals surface area contributed by atoms with Crippen LogP contribution in [0.25, 0.3) is 10.9 Å². The second kappa shape index (κ2) is 5.32. The fraction of sp³-hybridized carbons (Fsp3) is 0.438. The molecular formula is C16H20ClN3. The number of hydrogen-bond acceptors (Lipinski definition) is 3. The van der Waals surface area contributed by atoms with Gasteiger partial charge < -0.3 is 5.32 Å². The summed E-state index contributed by atoms with van der Waals surface area (Å²) in [5.41, 5.74) is 2.44. The van der Waals surface area contributed by atoms with Crippen molar-refractivity contribution in [3.05, 3.63) is 41.0 Å². The van der Waals surface area contributed by atoms with E-state index in [1.54, 1.807) is 0 Å². The van der Waals surface area contributed by atoms with Gasteiger partial charge in [0.2, 0.25) is 0 Å². The zero-order valence-corrected chi connectivity index (χ0v) is 12.7. The maximum atomic E-state index is 6.24. The van der Waals surface area contributed by atoms with E-state index in [1.807, 2.05) is 24.4 Å². The molecule has 20 heavy (non-hydrogen) atoms. The van der Waals surface area contributed by atoms with Crippen LogP contribution in [0.1, 0.15) is 19.4 Å². The molecular weight excluding hydrogens is 270 g/mol. The van der Waals surface area contributed by atoms with Gasteiger partial charge in [0.1, 0.15) is 0 Å². The fourth-order valence-corrected chi connectivity index (χ4v) is 3.22. The molecule has 0 amide bonds. The molecule has 2 aromatic rings. The Morgan fingerprint density at radius 1 is 1.40 bits per heavy atom. The summed E-state index contributed by atoms with van der Waals surface area (Å²) in [6.07, 6.45) is 1.85. The Kier molecular flexibility index (Phi) is 3.67. The highest BCUT2D eigenvalue weighted by atomic mass is 35.5. The summed E-state index contributed by atoms with van der Waals surface area (Å²) in [7, 11) is 0. The van der Waals surface area contributed by atoms with Gasteiger partial charge in [-0.05, 0) is 37.6 Å². The van der Waals surface area contributed by atoms with E-state index in [9.17, 15) is 0 Å². The largest absolute Gasteiger partial charge is 0.309 e. The minimum absolute atomic E-state index is 0.167. The van der Waals surface area contributed by atoms with Crippen LogP contribution in [0.5, 0.6) is 0 Å². The maximum Gasteiger partial charge on any atom is 0.0747 e. The predicted octanol–water partition coefficient (Wildman–Crippen LogP) is 3.07. The number of benzene rings is 1. The molecule has 3 nitrogen and oxygen atoms in total. The number of rotatable bonds is 2. The van der Waals surface area contributed by atoms with Gasteiger partial charge in [0.05, 0.1) is 5.52 Å². The SMILES string of the molecule is CC1(C)CN(Cc2cc(Cl)cc3cccnc23)CCN1. The van der Waals surface area contributed by atoms with Crippen LogP contribution < -0.4 is 5.32 Å². The second-order valence-corrected chi connectivity index (χ2v) is 6.60. The quantitative estimate of drug-likeness (QED) is 0.921. The summed E-state index contributed by atoms with van der Waals surface area (Å²) in [6, 6.07) is 8.05. The predicted molar refractivity (Wildman–Crippen MR) is 84.1 cm³/mol. The molecule has 1 aromatic carbocycles. The molecule has 0 atom stereocenters. The van der Waals surface area contributed by atoms with E-state index < -0.39 is 0 Å². The van der Waals surface area contributed by atoms with Crippen LogP contribution in [-0.4, -0.2) is 35.1 Å². The summed E-state index contributed by atoms with van der Waals surface area (Å²) >= 11 is 6.24. The van der Waals surface area contributed by atoms with E-state index in [0.717, 1.165) is 42.1 Å². The van der Waals surface area contributed by atoms with Crippen LogP contribution in [0.3, 0.4) is 0 Å². The molecule has 4 heteroatoms. The summed E-state index contributed by atoms with van der Waals surface area (Å²) in [5, 5.41) is 5.44. The lowest BCUT2D eigenvalue weighted by atomic mass is 10.0. The number of pyridine rings is 1. The van der Waals surface area contributed by atoms with Gasteiger partial charge >= 0.3 is 0 Å². The van der Waals surface area contributed by atoms with E-state index in [0.29, 0.717) is 0 Å². The van der Waals surface area contributed by atoms with Crippen molar-refractivity contribution in [1.82, 2.24) is 15.2 Å². The molecule has 106 valence electrons. The van der Waals surface area contributed by atoms with Gasteiger partial charge in [-0.15, -0.1) is 0 Å². The Bertz CT molecular complexity index is 624. The molecule has 2 heterocycles. The second-order valence-electron chi connectivity index (χ2n) is 6.16. The van der Waals surface area contributed by atoms with Crippen molar-refractivity contribution >= 4 is 22.5 Å². The summed E-state index contributed by atoms with van der Waals surface area (Å²) < 4.78 is 0. The van der Waals surface area contributed by atoms with Crippen LogP contribution in [0, 0.1) is 0 Å². The Labute approximate surface area is 124 Å². The van der Waals surface area contributed by atoms with Gasteiger partial charge in [0.25, 0.3) is 0 Å². The van der Waals surface area contributed by atoms with Gasteiger partial charge in [0.15, 0.2) is 0 Å². The van der Waals surface area contributed by atoms with Gasteiger partial charge in [-0.25, -0.2) is 0 Å². The molecule has 0 spiro atoms. The Hall–Kier alpha value is -1.16. The minimum Gasteiger partial charge on any atom is -0.309 e. The smallest absolute Gasteiger partial charge is 0.0747 e. The highest BCUT2D eigenvalue weighted by Crippen LogP contribution is 2.24. The van der Waals surface area contributed by atoms with Crippen LogP contribution in [0.2, 0.25) is 5.02 Å². The molecule has 1 aliphatic rings. The average Bonchev–Trinajstić information content (AvgIpc) is 2.37. The van der Waals surface area contributed by atoms with Crippen molar-refractivity contribution in [2.24, 2.45) is 0 Å². The van der Waals surface area contributed by atoms with Crippen LogP contribution >= 0.6 is 11.6 Å². The van der Waals surface area contributed by atoms with Gasteiger partial charge in [-0.2, -0.15) is 0 Å². The fourth-order valence-electron chi connectivity index (χ4n) is 2.97. The lowest BCUT2D eigenvalue weighted by Gasteiger charge is -2.39. The van der Waals surface area contributed by atoms with Crippen molar-refractivity contribution in [2.45, 2.75) is 25.9 Å². The monoisotopic (exact) mass is 289 g/mol. The third-order valence-electron chi connectivity index (χ3n) is 3.79. The van der Waals surface area contributed by atoms with Crippen LogP contribution in [0.4, 0.5) is 0 Å². The lowest BCUT2D eigenvalue weighted by Crippen LogP contribution is -2.56. The molecule has 0 bridgehead atoms. The van der Waals surface area contributed by atoms with E-state index >= 15 is 0 Å². The molecule has 0 radical (unpaired) electrons. The zero-order chi connectivity index (χ0) is 14.2. The number of hydrogen-bond donors (Lipinski definition) is 1. The Morgan fingerprint density at radius 2 is 2.25 bits per heavy atom. The van der Waals surface area contributed by atoms with Crippen molar-refractivity contribution in [3.8, 4) is 0 Å². The van der Waals surface area contributed by atoms with E-state index in [-0.39, 0.29) is 5.54 Å². The highest BCUT2D eigenvalue weighted by molar-refractivity contribution is 6.31. The first-order chi connectivity index (χ1) is 9.53. The standard InChI is InChI=1S/C16H20ClN3/c1-16(2)11-20(7-6-19-16)10-13-9-14(17)8-12-4-3-5-18-15(12)13/h3-5,8-9,19H,6-7,10-11H2,1-2H3. The summed E-state index contributed by atoms with van der Waals surface area (Å²) in [6.45, 7) is 8.51. The topological polar surface area (TPSA) is 28.2 Å². The number of fused-ring (bicyclic) bond motifs is 1.